The molecule has 0 unspecified atom stereocenters. The van der Waals surface area contributed by atoms with Crippen LogP contribution in [0.4, 0.5) is 0 Å². The molecule has 0 bridgehead atoms. The first-order valence-electron chi connectivity index (χ1n) is 8.13. The van der Waals surface area contributed by atoms with E-state index in [2.05, 4.69) is 94.5 Å². The zero-order chi connectivity index (χ0) is 15.7. The van der Waals surface area contributed by atoms with Crippen molar-refractivity contribution in [2.24, 2.45) is 5.92 Å². The molecular weight excluding hydrogens is 264 g/mol. The Morgan fingerprint density at radius 2 is 1.41 bits per heavy atom. The third kappa shape index (κ3) is 1.90. The lowest BCUT2D eigenvalue weighted by Gasteiger charge is -2.37. The standard InChI is InChI=1S/C22H24/c1-5-6-11-17(4)22(16(2)3)20-14-9-7-12-18(20)19-13-8-10-15-21(19)22/h5-16H,1-4H3/b6-5-,17-11+. The lowest BCUT2D eigenvalue weighted by Crippen LogP contribution is -2.33. The van der Waals surface area contributed by atoms with Gasteiger partial charge in [0.05, 0.1) is 0 Å². The van der Waals surface area contributed by atoms with Gasteiger partial charge >= 0.3 is 0 Å². The zero-order valence-electron chi connectivity index (χ0n) is 13.9. The molecule has 0 aromatic heterocycles. The molecule has 22 heavy (non-hydrogen) atoms. The van der Waals surface area contributed by atoms with Crippen LogP contribution >= 0.6 is 0 Å². The highest BCUT2D eigenvalue weighted by molar-refractivity contribution is 5.83. The molecule has 1 aliphatic rings. The van der Waals surface area contributed by atoms with E-state index in [1.807, 2.05) is 0 Å². The Morgan fingerprint density at radius 1 is 0.909 bits per heavy atom. The first kappa shape index (κ1) is 14.8. The molecule has 0 nitrogen and oxygen atoms in total. The molecule has 2 aromatic carbocycles. The second-order valence-corrected chi connectivity index (χ2v) is 6.43. The molecule has 0 aliphatic heterocycles. The van der Waals surface area contributed by atoms with E-state index in [-0.39, 0.29) is 5.41 Å². The Kier molecular flexibility index (Phi) is 3.78. The van der Waals surface area contributed by atoms with E-state index in [4.69, 9.17) is 0 Å². The molecule has 0 saturated carbocycles. The first-order valence-corrected chi connectivity index (χ1v) is 8.13. The Morgan fingerprint density at radius 3 is 1.86 bits per heavy atom. The molecular formula is C22H24. The summed E-state index contributed by atoms with van der Waals surface area (Å²) in [6.07, 6.45) is 6.53. The van der Waals surface area contributed by atoms with Gasteiger partial charge in [-0.3, -0.25) is 0 Å². The number of fused-ring (bicyclic) bond motifs is 3. The molecule has 2 aromatic rings. The van der Waals surface area contributed by atoms with Crippen molar-refractivity contribution in [1.29, 1.82) is 0 Å². The van der Waals surface area contributed by atoms with Crippen LogP contribution in [0.2, 0.25) is 0 Å². The quantitative estimate of drug-likeness (QED) is 0.596. The van der Waals surface area contributed by atoms with Gasteiger partial charge in [-0.1, -0.05) is 86.2 Å². The molecule has 3 rings (SSSR count). The maximum absolute atomic E-state index is 2.34. The van der Waals surface area contributed by atoms with Crippen LogP contribution in [-0.2, 0) is 5.41 Å². The van der Waals surface area contributed by atoms with Crippen molar-refractivity contribution >= 4 is 0 Å². The van der Waals surface area contributed by atoms with Crippen LogP contribution in [0.5, 0.6) is 0 Å². The fraction of sp³-hybridized carbons (Fsp3) is 0.273. The van der Waals surface area contributed by atoms with Gasteiger partial charge in [-0.25, -0.2) is 0 Å². The number of allylic oxidation sites excluding steroid dienone is 4. The summed E-state index contributed by atoms with van der Waals surface area (Å²) in [4.78, 5) is 0. The Bertz CT molecular complexity index is 699. The number of benzene rings is 2. The molecule has 0 radical (unpaired) electrons. The van der Waals surface area contributed by atoms with E-state index < -0.39 is 0 Å². The topological polar surface area (TPSA) is 0 Å². The van der Waals surface area contributed by atoms with Gasteiger partial charge in [0.15, 0.2) is 0 Å². The minimum atomic E-state index is -0.0211. The van der Waals surface area contributed by atoms with E-state index in [1.165, 1.54) is 27.8 Å². The molecule has 112 valence electrons. The summed E-state index contributed by atoms with van der Waals surface area (Å²) in [5, 5.41) is 0. The highest BCUT2D eigenvalue weighted by Gasteiger charge is 2.46. The zero-order valence-corrected chi connectivity index (χ0v) is 13.9. The van der Waals surface area contributed by atoms with Gasteiger partial charge in [0, 0.05) is 5.41 Å². The smallest absolute Gasteiger partial charge is 0.0446 e. The van der Waals surface area contributed by atoms with Gasteiger partial charge in [0.25, 0.3) is 0 Å². The molecule has 1 aliphatic carbocycles. The highest BCUT2D eigenvalue weighted by atomic mass is 14.5. The predicted octanol–water partition coefficient (Wildman–Crippen LogP) is 6.13. The first-order chi connectivity index (χ1) is 10.6. The minimum absolute atomic E-state index is 0.0211. The minimum Gasteiger partial charge on any atom is -0.0877 e. The van der Waals surface area contributed by atoms with Gasteiger partial charge in [-0.05, 0) is 42.0 Å². The lowest BCUT2D eigenvalue weighted by atomic mass is 9.65. The van der Waals surface area contributed by atoms with Gasteiger partial charge < -0.3 is 0 Å². The van der Waals surface area contributed by atoms with E-state index in [0.717, 1.165) is 0 Å². The second-order valence-electron chi connectivity index (χ2n) is 6.43. The number of rotatable bonds is 3. The van der Waals surface area contributed by atoms with Gasteiger partial charge in [0.1, 0.15) is 0 Å². The molecule has 0 N–H and O–H groups in total. The maximum Gasteiger partial charge on any atom is 0.0446 e. The lowest BCUT2D eigenvalue weighted by molar-refractivity contribution is 0.438. The van der Waals surface area contributed by atoms with Crippen molar-refractivity contribution in [1.82, 2.24) is 0 Å². The average molecular weight is 288 g/mol. The van der Waals surface area contributed by atoms with Gasteiger partial charge in [-0.15, -0.1) is 0 Å². The third-order valence-electron chi connectivity index (χ3n) is 5.02. The number of hydrogen-bond acceptors (Lipinski definition) is 0. The second kappa shape index (κ2) is 5.61. The van der Waals surface area contributed by atoms with Crippen LogP contribution in [0.15, 0.2) is 72.3 Å². The molecule has 0 amide bonds. The average Bonchev–Trinajstić information content (AvgIpc) is 2.84. The summed E-state index contributed by atoms with van der Waals surface area (Å²) in [7, 11) is 0. The summed E-state index contributed by atoms with van der Waals surface area (Å²) in [5.74, 6) is 0.499. The van der Waals surface area contributed by atoms with Crippen LogP contribution in [0.3, 0.4) is 0 Å². The predicted molar refractivity (Wildman–Crippen MR) is 96.1 cm³/mol. The maximum atomic E-state index is 2.34. The SMILES string of the molecule is C/C=C\C=C(/C)C1(C(C)C)c2ccccc2-c2ccccc21. The molecule has 0 heteroatoms. The van der Waals surface area contributed by atoms with E-state index in [9.17, 15) is 0 Å². The third-order valence-corrected chi connectivity index (χ3v) is 5.02. The van der Waals surface area contributed by atoms with Gasteiger partial charge in [-0.2, -0.15) is 0 Å². The van der Waals surface area contributed by atoms with Crippen LogP contribution in [0.1, 0.15) is 38.8 Å². The summed E-state index contributed by atoms with van der Waals surface area (Å²) < 4.78 is 0. The van der Waals surface area contributed by atoms with Crippen LogP contribution < -0.4 is 0 Å². The Labute approximate surface area is 134 Å². The normalized spacial score (nSPS) is 16.1. The van der Waals surface area contributed by atoms with E-state index >= 15 is 0 Å². The fourth-order valence-electron chi connectivity index (χ4n) is 4.14. The van der Waals surface area contributed by atoms with Crippen LogP contribution in [0, 0.1) is 5.92 Å². The van der Waals surface area contributed by atoms with Crippen LogP contribution in [-0.4, -0.2) is 0 Å². The summed E-state index contributed by atoms with van der Waals surface area (Å²) in [6.45, 7) is 9.03. The molecule has 0 fully saturated rings. The van der Waals surface area contributed by atoms with Crippen molar-refractivity contribution in [2.45, 2.75) is 33.1 Å². The Hall–Kier alpha value is -2.08. The molecule has 0 spiro atoms. The number of hydrogen-bond donors (Lipinski definition) is 0. The summed E-state index contributed by atoms with van der Waals surface area (Å²) in [5.41, 5.74) is 7.07. The Balaban J connectivity index is 2.39. The van der Waals surface area contributed by atoms with E-state index in [0.29, 0.717) is 5.92 Å². The van der Waals surface area contributed by atoms with E-state index in [1.54, 1.807) is 0 Å². The molecule has 0 heterocycles. The largest absolute Gasteiger partial charge is 0.0877 e. The van der Waals surface area contributed by atoms with Crippen molar-refractivity contribution < 1.29 is 0 Å². The van der Waals surface area contributed by atoms with Crippen molar-refractivity contribution in [3.8, 4) is 11.1 Å². The highest BCUT2D eigenvalue weighted by Crippen LogP contribution is 2.56. The molecule has 0 saturated heterocycles. The van der Waals surface area contributed by atoms with Crippen molar-refractivity contribution in [2.75, 3.05) is 0 Å². The summed E-state index contributed by atoms with van der Waals surface area (Å²) >= 11 is 0. The fourth-order valence-corrected chi connectivity index (χ4v) is 4.14. The summed E-state index contributed by atoms with van der Waals surface area (Å²) in [6, 6.07) is 17.8. The van der Waals surface area contributed by atoms with Crippen LogP contribution in [0.25, 0.3) is 11.1 Å². The van der Waals surface area contributed by atoms with Gasteiger partial charge in [0.2, 0.25) is 0 Å². The van der Waals surface area contributed by atoms with Crippen molar-refractivity contribution in [3.05, 3.63) is 83.5 Å². The van der Waals surface area contributed by atoms with Crippen molar-refractivity contribution in [3.63, 3.8) is 0 Å². The molecule has 0 atom stereocenters. The monoisotopic (exact) mass is 288 g/mol.